The number of benzene rings is 2. The second-order valence-electron chi connectivity index (χ2n) is 6.68. The van der Waals surface area contributed by atoms with Crippen molar-refractivity contribution in [2.45, 2.75) is 12.3 Å². The normalized spacial score (nSPS) is 11.5. The van der Waals surface area contributed by atoms with Crippen LogP contribution in [0.2, 0.25) is 50.2 Å². The van der Waals surface area contributed by atoms with E-state index in [1.54, 1.807) is 0 Å². The van der Waals surface area contributed by atoms with E-state index < -0.39 is 28.9 Å². The zero-order chi connectivity index (χ0) is 26.4. The largest absolute Gasteiger partial charge is 0.468 e. The van der Waals surface area contributed by atoms with Gasteiger partial charge in [-0.1, -0.05) is 116 Å². The molecule has 2 aromatic carbocycles. The molecule has 1 aromatic heterocycles. The molecular weight excluding hydrogens is 675 g/mol. The summed E-state index contributed by atoms with van der Waals surface area (Å²) in [6.45, 7) is 1.14. The monoisotopic (exact) mass is 676 g/mol. The van der Waals surface area contributed by atoms with Crippen LogP contribution >= 0.6 is 116 Å². The maximum Gasteiger partial charge on any atom is 0.336 e. The molecule has 0 atom stereocenters. The highest BCUT2D eigenvalue weighted by molar-refractivity contribution is 6.57. The van der Waals surface area contributed by atoms with Gasteiger partial charge in [-0.15, -0.1) is 0 Å². The average molecular weight is 681 g/mol. The highest BCUT2D eigenvalue weighted by Gasteiger charge is 2.50. The molecule has 0 radical (unpaired) electrons. The first kappa shape index (κ1) is 29.1. The van der Waals surface area contributed by atoms with Crippen LogP contribution in [0.25, 0.3) is 0 Å². The number of esters is 2. The summed E-state index contributed by atoms with van der Waals surface area (Å²) in [6.07, 6.45) is 1.21. The van der Waals surface area contributed by atoms with Gasteiger partial charge in [0.05, 0.1) is 36.4 Å². The number of hydrogen-bond acceptors (Lipinski definition) is 5. The lowest BCUT2D eigenvalue weighted by Gasteiger charge is -2.24. The van der Waals surface area contributed by atoms with Gasteiger partial charge in [0.1, 0.15) is 25.9 Å². The quantitative estimate of drug-likeness (QED) is 0.0882. The van der Waals surface area contributed by atoms with Crippen LogP contribution in [-0.2, 0) is 15.0 Å². The Morgan fingerprint density at radius 3 is 1.23 bits per heavy atom. The van der Waals surface area contributed by atoms with E-state index >= 15 is 0 Å². The first-order valence-electron chi connectivity index (χ1n) is 8.76. The van der Waals surface area contributed by atoms with Gasteiger partial charge in [-0.05, 0) is 19.1 Å². The van der Waals surface area contributed by atoms with Crippen molar-refractivity contribution in [3.05, 3.63) is 74.4 Å². The number of hydrogen-bond donors (Lipinski definition) is 0. The summed E-state index contributed by atoms with van der Waals surface area (Å²) in [5, 5.41) is -2.64. The van der Waals surface area contributed by atoms with Crippen LogP contribution in [0.1, 0.15) is 12.7 Å². The van der Waals surface area contributed by atoms with E-state index in [-0.39, 0.29) is 56.0 Å². The Kier molecular flexibility index (Phi) is 9.25. The molecule has 0 aliphatic rings. The molecule has 15 heteroatoms. The first-order chi connectivity index (χ1) is 16.2. The molecule has 0 N–H and O–H groups in total. The van der Waals surface area contributed by atoms with Crippen molar-refractivity contribution in [2.24, 2.45) is 0 Å². The van der Waals surface area contributed by atoms with Crippen molar-refractivity contribution in [3.8, 4) is 11.5 Å². The SMILES string of the molecule is CC(C(=O)Oc1c(Cl)c(Cl)c(Cl)c(Cl)c1Cl)(C(=O)Oc1c(Cl)c(Cl)c(Cl)c(Cl)c1Cl)c1ccco1. The van der Waals surface area contributed by atoms with Gasteiger partial charge in [0.25, 0.3) is 0 Å². The molecule has 0 bridgehead atoms. The molecule has 0 aliphatic heterocycles. The molecule has 0 saturated heterocycles. The molecule has 0 spiro atoms. The minimum Gasteiger partial charge on any atom is -0.468 e. The van der Waals surface area contributed by atoms with Gasteiger partial charge in [-0.25, -0.2) is 9.59 Å². The van der Waals surface area contributed by atoms with Crippen LogP contribution in [0.3, 0.4) is 0 Å². The third-order valence-electron chi connectivity index (χ3n) is 4.56. The Labute approximate surface area is 247 Å². The third-order valence-corrected chi connectivity index (χ3v) is 9.04. The number of carbonyl (C=O) groups is 2. The Morgan fingerprint density at radius 1 is 0.629 bits per heavy atom. The number of ether oxygens (including phenoxy) is 2. The minimum absolute atomic E-state index is 0.169. The lowest BCUT2D eigenvalue weighted by Crippen LogP contribution is -2.46. The van der Waals surface area contributed by atoms with Crippen LogP contribution in [-0.4, -0.2) is 11.9 Å². The summed E-state index contributed by atoms with van der Waals surface area (Å²) < 4.78 is 16.0. The first-order valence-corrected chi connectivity index (χ1v) is 12.5. The number of rotatable bonds is 5. The van der Waals surface area contributed by atoms with Crippen LogP contribution in [0.15, 0.2) is 22.8 Å². The smallest absolute Gasteiger partial charge is 0.336 e. The van der Waals surface area contributed by atoms with E-state index in [1.807, 2.05) is 0 Å². The van der Waals surface area contributed by atoms with Gasteiger partial charge in [-0.2, -0.15) is 0 Å². The summed E-state index contributed by atoms with van der Waals surface area (Å²) in [4.78, 5) is 26.8. The molecule has 0 aliphatic carbocycles. The van der Waals surface area contributed by atoms with Gasteiger partial charge in [0.2, 0.25) is 5.41 Å². The van der Waals surface area contributed by atoms with Gasteiger partial charge in [0.15, 0.2) is 11.5 Å². The second-order valence-corrected chi connectivity index (χ2v) is 10.5. The molecular formula is C20H6Cl10O5. The summed E-state index contributed by atoms with van der Waals surface area (Å²) in [5.41, 5.74) is -2.28. The van der Waals surface area contributed by atoms with Crippen molar-refractivity contribution < 1.29 is 23.5 Å². The van der Waals surface area contributed by atoms with E-state index in [1.165, 1.54) is 18.4 Å². The number of halogens is 10. The minimum atomic E-state index is -2.28. The molecule has 0 unspecified atom stereocenters. The van der Waals surface area contributed by atoms with Crippen molar-refractivity contribution in [1.29, 1.82) is 0 Å². The summed E-state index contributed by atoms with van der Waals surface area (Å²) in [5.74, 6) is -3.62. The van der Waals surface area contributed by atoms with Crippen LogP contribution in [0.5, 0.6) is 11.5 Å². The maximum atomic E-state index is 13.4. The lowest BCUT2D eigenvalue weighted by molar-refractivity contribution is -0.154. The predicted molar refractivity (Wildman–Crippen MR) is 140 cm³/mol. The van der Waals surface area contributed by atoms with Crippen LogP contribution in [0, 0.1) is 0 Å². The molecule has 186 valence electrons. The summed E-state index contributed by atoms with van der Waals surface area (Å²) in [6, 6.07) is 2.73. The molecule has 0 amide bonds. The molecule has 3 aromatic rings. The fourth-order valence-corrected chi connectivity index (χ4v) is 4.98. The van der Waals surface area contributed by atoms with Crippen molar-refractivity contribution in [1.82, 2.24) is 0 Å². The standard InChI is InChI=1S/C20H6Cl10O5/c1-20(5-3-2-4-33-5,18(31)34-16-12(27)8(23)6(21)9(24)13(16)28)19(32)35-17-14(29)10(25)7(22)11(26)15(17)30/h2-4H,1H3. The summed E-state index contributed by atoms with van der Waals surface area (Å²) in [7, 11) is 0. The van der Waals surface area contributed by atoms with Crippen LogP contribution in [0.4, 0.5) is 0 Å². The third kappa shape index (κ3) is 5.15. The van der Waals surface area contributed by atoms with Crippen molar-refractivity contribution in [2.75, 3.05) is 0 Å². The van der Waals surface area contributed by atoms with E-state index in [2.05, 4.69) is 0 Å². The zero-order valence-corrected chi connectivity index (χ0v) is 24.1. The molecule has 3 rings (SSSR count). The van der Waals surface area contributed by atoms with E-state index in [0.29, 0.717) is 0 Å². The fourth-order valence-electron chi connectivity index (χ4n) is 2.59. The highest BCUT2D eigenvalue weighted by Crippen LogP contribution is 2.50. The van der Waals surface area contributed by atoms with E-state index in [9.17, 15) is 9.59 Å². The molecule has 1 heterocycles. The molecule has 5 nitrogen and oxygen atoms in total. The van der Waals surface area contributed by atoms with E-state index in [4.69, 9.17) is 130 Å². The number of carbonyl (C=O) groups excluding carboxylic acids is 2. The Bertz CT molecular complexity index is 1210. The predicted octanol–water partition coefficient (Wildman–Crippen LogP) is 10.3. The highest BCUT2D eigenvalue weighted by atomic mass is 35.5. The summed E-state index contributed by atoms with van der Waals surface area (Å²) >= 11 is 60.6. The second kappa shape index (κ2) is 11.1. The molecule has 35 heavy (non-hydrogen) atoms. The topological polar surface area (TPSA) is 65.7 Å². The lowest BCUT2D eigenvalue weighted by atomic mass is 9.87. The fraction of sp³-hybridized carbons (Fsp3) is 0.100. The average Bonchev–Trinajstić information content (AvgIpc) is 3.39. The van der Waals surface area contributed by atoms with Crippen LogP contribution < -0.4 is 9.47 Å². The Hall–Kier alpha value is -0.440. The Morgan fingerprint density at radius 2 is 0.943 bits per heavy atom. The van der Waals surface area contributed by atoms with Crippen molar-refractivity contribution >= 4 is 128 Å². The van der Waals surface area contributed by atoms with Gasteiger partial charge in [0, 0.05) is 0 Å². The Balaban J connectivity index is 2.10. The molecule has 0 saturated carbocycles. The van der Waals surface area contributed by atoms with Gasteiger partial charge in [-0.3, -0.25) is 0 Å². The van der Waals surface area contributed by atoms with Gasteiger partial charge < -0.3 is 13.9 Å². The zero-order valence-electron chi connectivity index (χ0n) is 16.6. The van der Waals surface area contributed by atoms with Gasteiger partial charge >= 0.3 is 11.9 Å². The maximum absolute atomic E-state index is 13.4. The number of furan rings is 1. The van der Waals surface area contributed by atoms with Crippen molar-refractivity contribution in [3.63, 3.8) is 0 Å². The molecule has 0 fully saturated rings. The van der Waals surface area contributed by atoms with E-state index in [0.717, 1.165) is 6.92 Å².